The lowest BCUT2D eigenvalue weighted by Crippen LogP contribution is -2.44. The van der Waals surface area contributed by atoms with E-state index in [0.29, 0.717) is 5.56 Å². The van der Waals surface area contributed by atoms with E-state index < -0.39 is 23.3 Å². The van der Waals surface area contributed by atoms with Crippen molar-refractivity contribution in [3.05, 3.63) is 35.4 Å². The summed E-state index contributed by atoms with van der Waals surface area (Å²) in [7, 11) is 1.63. The molecule has 1 unspecified atom stereocenters. The minimum Gasteiger partial charge on any atom is -0.376 e. The number of hydrogen-bond donors (Lipinski definition) is 1. The largest absolute Gasteiger partial charge is 0.376 e. The van der Waals surface area contributed by atoms with Crippen molar-refractivity contribution in [2.45, 2.75) is 43.7 Å². The van der Waals surface area contributed by atoms with E-state index in [1.54, 1.807) is 7.11 Å². The van der Waals surface area contributed by atoms with Gasteiger partial charge < -0.3 is 10.5 Å². The van der Waals surface area contributed by atoms with Crippen molar-refractivity contribution in [1.82, 2.24) is 0 Å². The van der Waals surface area contributed by atoms with E-state index in [4.69, 9.17) is 10.5 Å². The van der Waals surface area contributed by atoms with Crippen molar-refractivity contribution in [1.29, 1.82) is 0 Å². The summed E-state index contributed by atoms with van der Waals surface area (Å²) in [5, 5.41) is 0. The molecule has 1 aliphatic carbocycles. The van der Waals surface area contributed by atoms with E-state index >= 15 is 0 Å². The monoisotopic (exact) mass is 255 g/mol. The number of ether oxygens (including phenoxy) is 1. The van der Waals surface area contributed by atoms with Crippen LogP contribution in [0.15, 0.2) is 18.2 Å². The fourth-order valence-electron chi connectivity index (χ4n) is 2.85. The molecule has 0 aliphatic heterocycles. The first-order valence-corrected chi connectivity index (χ1v) is 6.34. The van der Waals surface area contributed by atoms with Gasteiger partial charge in [0.2, 0.25) is 0 Å². The molecule has 2 nitrogen and oxygen atoms in total. The van der Waals surface area contributed by atoms with Crippen LogP contribution in [0.25, 0.3) is 0 Å². The van der Waals surface area contributed by atoms with Crippen LogP contribution in [-0.2, 0) is 4.74 Å². The van der Waals surface area contributed by atoms with Gasteiger partial charge in [0.1, 0.15) is 11.6 Å². The highest BCUT2D eigenvalue weighted by Crippen LogP contribution is 2.39. The van der Waals surface area contributed by atoms with Gasteiger partial charge in [0.25, 0.3) is 0 Å². The number of rotatable bonds is 3. The van der Waals surface area contributed by atoms with Crippen molar-refractivity contribution < 1.29 is 13.5 Å². The zero-order valence-electron chi connectivity index (χ0n) is 10.6. The fraction of sp³-hybridized carbons (Fsp3) is 0.571. The Bertz CT molecular complexity index is 396. The normalized spacial score (nSPS) is 20.7. The molecule has 1 aromatic rings. The lowest BCUT2D eigenvalue weighted by atomic mass is 9.77. The lowest BCUT2D eigenvalue weighted by molar-refractivity contribution is -0.0596. The van der Waals surface area contributed by atoms with Crippen LogP contribution in [-0.4, -0.2) is 12.7 Å². The van der Waals surface area contributed by atoms with E-state index in [0.717, 1.165) is 38.2 Å². The third kappa shape index (κ3) is 2.54. The minimum atomic E-state index is -0.595. The Morgan fingerprint density at radius 2 is 1.67 bits per heavy atom. The Morgan fingerprint density at radius 3 is 2.17 bits per heavy atom. The zero-order chi connectivity index (χ0) is 13.2. The molecule has 4 heteroatoms. The molecule has 0 spiro atoms. The number of methoxy groups -OCH3 is 1. The highest BCUT2D eigenvalue weighted by Gasteiger charge is 2.39. The van der Waals surface area contributed by atoms with E-state index in [2.05, 4.69) is 0 Å². The molecule has 2 rings (SSSR count). The minimum absolute atomic E-state index is 0.469. The topological polar surface area (TPSA) is 35.2 Å². The average Bonchev–Trinajstić information content (AvgIpc) is 2.37. The molecule has 0 amide bonds. The van der Waals surface area contributed by atoms with Gasteiger partial charge in [-0.3, -0.25) is 0 Å². The molecular formula is C14H19F2NO. The van der Waals surface area contributed by atoms with Crippen LogP contribution in [0.3, 0.4) is 0 Å². The molecule has 100 valence electrons. The van der Waals surface area contributed by atoms with Crippen LogP contribution in [0.1, 0.15) is 43.7 Å². The molecule has 0 aromatic heterocycles. The van der Waals surface area contributed by atoms with E-state index in [-0.39, 0.29) is 0 Å². The Balaban J connectivity index is 2.30. The molecule has 0 radical (unpaired) electrons. The Kier molecular flexibility index (Phi) is 3.97. The summed E-state index contributed by atoms with van der Waals surface area (Å²) in [4.78, 5) is 0. The number of nitrogens with two attached hydrogens (primary N) is 1. The molecular weight excluding hydrogens is 236 g/mol. The summed E-state index contributed by atoms with van der Waals surface area (Å²) in [5.74, 6) is -1.19. The summed E-state index contributed by atoms with van der Waals surface area (Å²) in [6, 6.07) is 2.95. The van der Waals surface area contributed by atoms with Crippen molar-refractivity contribution >= 4 is 0 Å². The van der Waals surface area contributed by atoms with Gasteiger partial charge in [-0.25, -0.2) is 8.78 Å². The second-order valence-corrected chi connectivity index (χ2v) is 5.01. The second kappa shape index (κ2) is 5.33. The predicted octanol–water partition coefficient (Wildman–Crippen LogP) is 3.31. The van der Waals surface area contributed by atoms with Crippen molar-refractivity contribution in [2.75, 3.05) is 7.11 Å². The van der Waals surface area contributed by atoms with Gasteiger partial charge in [0.05, 0.1) is 11.6 Å². The zero-order valence-corrected chi connectivity index (χ0v) is 10.6. The molecule has 2 N–H and O–H groups in total. The van der Waals surface area contributed by atoms with Crippen molar-refractivity contribution in [2.24, 2.45) is 5.73 Å². The molecule has 18 heavy (non-hydrogen) atoms. The smallest absolute Gasteiger partial charge is 0.126 e. The first-order chi connectivity index (χ1) is 8.57. The third-order valence-electron chi connectivity index (χ3n) is 3.92. The first kappa shape index (κ1) is 13.4. The van der Waals surface area contributed by atoms with Crippen LogP contribution < -0.4 is 5.73 Å². The van der Waals surface area contributed by atoms with Crippen LogP contribution in [0.5, 0.6) is 0 Å². The maximum absolute atomic E-state index is 13.2. The van der Waals surface area contributed by atoms with Gasteiger partial charge in [-0.2, -0.15) is 0 Å². The predicted molar refractivity (Wildman–Crippen MR) is 66.1 cm³/mol. The first-order valence-electron chi connectivity index (χ1n) is 6.34. The number of hydrogen-bond acceptors (Lipinski definition) is 2. The van der Waals surface area contributed by atoms with Gasteiger partial charge in [0, 0.05) is 13.2 Å². The molecule has 0 bridgehead atoms. The van der Waals surface area contributed by atoms with Gasteiger partial charge >= 0.3 is 0 Å². The van der Waals surface area contributed by atoms with Crippen LogP contribution >= 0.6 is 0 Å². The average molecular weight is 255 g/mol. The molecule has 1 saturated carbocycles. The summed E-state index contributed by atoms with van der Waals surface area (Å²) in [6.45, 7) is 0. The molecule has 1 fully saturated rings. The molecule has 0 heterocycles. The highest BCUT2D eigenvalue weighted by atomic mass is 19.1. The van der Waals surface area contributed by atoms with Gasteiger partial charge in [-0.1, -0.05) is 19.3 Å². The van der Waals surface area contributed by atoms with Gasteiger partial charge in [-0.15, -0.1) is 0 Å². The summed E-state index contributed by atoms with van der Waals surface area (Å²) >= 11 is 0. The molecule has 1 atom stereocenters. The maximum Gasteiger partial charge on any atom is 0.126 e. The van der Waals surface area contributed by atoms with Crippen LogP contribution in [0.4, 0.5) is 8.78 Å². The van der Waals surface area contributed by atoms with E-state index in [9.17, 15) is 8.78 Å². The summed E-state index contributed by atoms with van der Waals surface area (Å²) in [5.41, 5.74) is 6.18. The van der Waals surface area contributed by atoms with Gasteiger partial charge in [0.15, 0.2) is 0 Å². The Hall–Kier alpha value is -1.00. The molecule has 0 saturated heterocycles. The van der Waals surface area contributed by atoms with Crippen LogP contribution in [0.2, 0.25) is 0 Å². The highest BCUT2D eigenvalue weighted by molar-refractivity contribution is 5.24. The van der Waals surface area contributed by atoms with Gasteiger partial charge in [-0.05, 0) is 30.5 Å². The summed E-state index contributed by atoms with van der Waals surface area (Å²) in [6.07, 6.45) is 4.92. The third-order valence-corrected chi connectivity index (χ3v) is 3.92. The standard InChI is InChI=1S/C14H19F2NO/c1-18-14(5-3-2-4-6-14)13(17)10-7-11(15)9-12(16)8-10/h7-9,13H,2-6,17H2,1H3. The fourth-order valence-corrected chi connectivity index (χ4v) is 2.85. The SMILES string of the molecule is COC1(C(N)c2cc(F)cc(F)c2)CCCCC1. The second-order valence-electron chi connectivity index (χ2n) is 5.01. The van der Waals surface area contributed by atoms with Crippen molar-refractivity contribution in [3.8, 4) is 0 Å². The quantitative estimate of drug-likeness (QED) is 0.899. The molecule has 1 aromatic carbocycles. The van der Waals surface area contributed by atoms with E-state index in [1.165, 1.54) is 12.1 Å². The van der Waals surface area contributed by atoms with Crippen molar-refractivity contribution in [3.63, 3.8) is 0 Å². The Morgan fingerprint density at radius 1 is 1.11 bits per heavy atom. The number of benzene rings is 1. The Labute approximate surface area is 106 Å². The molecule has 1 aliphatic rings. The van der Waals surface area contributed by atoms with E-state index in [1.807, 2.05) is 0 Å². The van der Waals surface area contributed by atoms with Crippen LogP contribution in [0, 0.1) is 11.6 Å². The lowest BCUT2D eigenvalue weighted by Gasteiger charge is -2.41. The number of halogens is 2. The maximum atomic E-state index is 13.2. The summed E-state index contributed by atoms with van der Waals surface area (Å²) < 4.78 is 32.1.